The molecule has 0 saturated carbocycles. The molecule has 0 saturated heterocycles. The van der Waals surface area contributed by atoms with Gasteiger partial charge in [-0.1, -0.05) is 20.8 Å². The largest absolute Gasteiger partial charge is 0.354 e. The van der Waals surface area contributed by atoms with E-state index in [1.165, 1.54) is 0 Å². The maximum atomic E-state index is 11.5. The smallest absolute Gasteiger partial charge is 0.225 e. The third-order valence-electron chi connectivity index (χ3n) is 2.00. The second kappa shape index (κ2) is 4.31. The van der Waals surface area contributed by atoms with Crippen molar-refractivity contribution in [2.45, 2.75) is 27.3 Å². The first-order valence-corrected chi connectivity index (χ1v) is 4.89. The Morgan fingerprint density at radius 1 is 1.29 bits per heavy atom. The summed E-state index contributed by atoms with van der Waals surface area (Å²) in [6.07, 6.45) is 3.98. The SMILES string of the molecule is CC(C)(C)C(=O)NCCn1cccc1. The Hall–Kier alpha value is -1.25. The van der Waals surface area contributed by atoms with Crippen LogP contribution in [0.5, 0.6) is 0 Å². The van der Waals surface area contributed by atoms with Crippen molar-refractivity contribution in [1.82, 2.24) is 9.88 Å². The molecule has 0 fully saturated rings. The summed E-state index contributed by atoms with van der Waals surface area (Å²) in [4.78, 5) is 11.5. The summed E-state index contributed by atoms with van der Waals surface area (Å²) in [6, 6.07) is 3.96. The van der Waals surface area contributed by atoms with E-state index < -0.39 is 0 Å². The third kappa shape index (κ3) is 3.24. The predicted molar refractivity (Wildman–Crippen MR) is 56.9 cm³/mol. The summed E-state index contributed by atoms with van der Waals surface area (Å²) in [5.74, 6) is 0.102. The van der Waals surface area contributed by atoms with Gasteiger partial charge in [0.05, 0.1) is 0 Å². The van der Waals surface area contributed by atoms with Crippen LogP contribution in [-0.2, 0) is 11.3 Å². The van der Waals surface area contributed by atoms with Gasteiger partial charge in [-0.2, -0.15) is 0 Å². The average molecular weight is 194 g/mol. The molecule has 1 rings (SSSR count). The van der Waals surface area contributed by atoms with Crippen molar-refractivity contribution >= 4 is 5.91 Å². The van der Waals surface area contributed by atoms with Crippen LogP contribution in [0, 0.1) is 5.41 Å². The molecular formula is C11H18N2O. The quantitative estimate of drug-likeness (QED) is 0.780. The number of hydrogen-bond acceptors (Lipinski definition) is 1. The lowest BCUT2D eigenvalue weighted by molar-refractivity contribution is -0.128. The lowest BCUT2D eigenvalue weighted by Gasteiger charge is -2.17. The highest BCUT2D eigenvalue weighted by Crippen LogP contribution is 2.11. The normalized spacial score (nSPS) is 11.4. The highest BCUT2D eigenvalue weighted by Gasteiger charge is 2.19. The number of carbonyl (C=O) groups is 1. The molecule has 0 aliphatic rings. The molecule has 0 spiro atoms. The molecule has 1 N–H and O–H groups in total. The van der Waals surface area contributed by atoms with Crippen LogP contribution in [0.1, 0.15) is 20.8 Å². The Kier molecular flexibility index (Phi) is 3.33. The van der Waals surface area contributed by atoms with Gasteiger partial charge in [-0.3, -0.25) is 4.79 Å². The van der Waals surface area contributed by atoms with Crippen molar-refractivity contribution < 1.29 is 4.79 Å². The maximum Gasteiger partial charge on any atom is 0.225 e. The highest BCUT2D eigenvalue weighted by atomic mass is 16.2. The molecule has 0 aliphatic heterocycles. The van der Waals surface area contributed by atoms with E-state index in [1.807, 2.05) is 49.9 Å². The van der Waals surface area contributed by atoms with E-state index in [2.05, 4.69) is 5.32 Å². The molecule has 0 unspecified atom stereocenters. The second-order valence-electron chi connectivity index (χ2n) is 4.43. The molecule has 1 aromatic heterocycles. The van der Waals surface area contributed by atoms with Crippen LogP contribution in [0.15, 0.2) is 24.5 Å². The van der Waals surface area contributed by atoms with Crippen LogP contribution in [0.2, 0.25) is 0 Å². The van der Waals surface area contributed by atoms with E-state index in [4.69, 9.17) is 0 Å². The Morgan fingerprint density at radius 3 is 2.36 bits per heavy atom. The minimum Gasteiger partial charge on any atom is -0.354 e. The molecule has 78 valence electrons. The lowest BCUT2D eigenvalue weighted by Crippen LogP contribution is -2.36. The fourth-order valence-corrected chi connectivity index (χ4v) is 1.08. The topological polar surface area (TPSA) is 34.0 Å². The number of amides is 1. The van der Waals surface area contributed by atoms with Crippen LogP contribution < -0.4 is 5.32 Å². The van der Waals surface area contributed by atoms with Crippen molar-refractivity contribution in [3.05, 3.63) is 24.5 Å². The molecule has 0 radical (unpaired) electrons. The molecule has 1 amide bonds. The van der Waals surface area contributed by atoms with Gasteiger partial charge in [-0.15, -0.1) is 0 Å². The van der Waals surface area contributed by atoms with E-state index in [1.54, 1.807) is 0 Å². The summed E-state index contributed by atoms with van der Waals surface area (Å²) in [6.45, 7) is 7.26. The summed E-state index contributed by atoms with van der Waals surface area (Å²) in [5, 5.41) is 2.90. The Morgan fingerprint density at radius 2 is 1.86 bits per heavy atom. The molecule has 0 bridgehead atoms. The summed E-state index contributed by atoms with van der Waals surface area (Å²) >= 11 is 0. The monoisotopic (exact) mass is 194 g/mol. The van der Waals surface area contributed by atoms with Crippen LogP contribution in [0.3, 0.4) is 0 Å². The van der Waals surface area contributed by atoms with Gasteiger partial charge in [0.15, 0.2) is 0 Å². The maximum absolute atomic E-state index is 11.5. The van der Waals surface area contributed by atoms with Gasteiger partial charge in [0.1, 0.15) is 0 Å². The van der Waals surface area contributed by atoms with Gasteiger partial charge in [0.2, 0.25) is 5.91 Å². The summed E-state index contributed by atoms with van der Waals surface area (Å²) in [5.41, 5.74) is -0.295. The van der Waals surface area contributed by atoms with Crippen LogP contribution in [-0.4, -0.2) is 17.0 Å². The van der Waals surface area contributed by atoms with Gasteiger partial charge in [-0.25, -0.2) is 0 Å². The van der Waals surface area contributed by atoms with E-state index >= 15 is 0 Å². The van der Waals surface area contributed by atoms with E-state index in [0.717, 1.165) is 6.54 Å². The van der Waals surface area contributed by atoms with Crippen LogP contribution in [0.25, 0.3) is 0 Å². The fraction of sp³-hybridized carbons (Fsp3) is 0.545. The van der Waals surface area contributed by atoms with E-state index in [9.17, 15) is 4.79 Å². The second-order valence-corrected chi connectivity index (χ2v) is 4.43. The van der Waals surface area contributed by atoms with Crippen molar-refractivity contribution in [3.63, 3.8) is 0 Å². The Labute approximate surface area is 85.1 Å². The number of hydrogen-bond donors (Lipinski definition) is 1. The summed E-state index contributed by atoms with van der Waals surface area (Å²) < 4.78 is 2.04. The van der Waals surface area contributed by atoms with Gasteiger partial charge >= 0.3 is 0 Å². The highest BCUT2D eigenvalue weighted by molar-refractivity contribution is 5.81. The first-order chi connectivity index (χ1) is 6.50. The van der Waals surface area contributed by atoms with Crippen molar-refractivity contribution in [3.8, 4) is 0 Å². The molecule has 14 heavy (non-hydrogen) atoms. The minimum atomic E-state index is -0.295. The molecule has 3 nitrogen and oxygen atoms in total. The minimum absolute atomic E-state index is 0.102. The number of nitrogens with one attached hydrogen (secondary N) is 1. The Balaban J connectivity index is 2.26. The first-order valence-electron chi connectivity index (χ1n) is 4.89. The fourth-order valence-electron chi connectivity index (χ4n) is 1.08. The van der Waals surface area contributed by atoms with E-state index in [0.29, 0.717) is 6.54 Å². The predicted octanol–water partition coefficient (Wildman–Crippen LogP) is 1.65. The van der Waals surface area contributed by atoms with Crippen molar-refractivity contribution in [2.75, 3.05) is 6.54 Å². The van der Waals surface area contributed by atoms with Gasteiger partial charge in [0, 0.05) is 30.9 Å². The molecule has 1 aromatic rings. The van der Waals surface area contributed by atoms with E-state index in [-0.39, 0.29) is 11.3 Å². The third-order valence-corrected chi connectivity index (χ3v) is 2.00. The molecular weight excluding hydrogens is 176 g/mol. The number of rotatable bonds is 3. The van der Waals surface area contributed by atoms with Gasteiger partial charge in [-0.05, 0) is 12.1 Å². The summed E-state index contributed by atoms with van der Waals surface area (Å²) in [7, 11) is 0. The molecule has 0 aliphatic carbocycles. The first kappa shape index (κ1) is 10.8. The average Bonchev–Trinajstić information content (AvgIpc) is 2.55. The van der Waals surface area contributed by atoms with Crippen LogP contribution >= 0.6 is 0 Å². The zero-order valence-corrected chi connectivity index (χ0v) is 9.08. The Bertz CT molecular complexity index is 283. The van der Waals surface area contributed by atoms with Crippen molar-refractivity contribution in [1.29, 1.82) is 0 Å². The number of nitrogens with zero attached hydrogens (tertiary/aromatic N) is 1. The van der Waals surface area contributed by atoms with Crippen LogP contribution in [0.4, 0.5) is 0 Å². The molecule has 0 atom stereocenters. The lowest BCUT2D eigenvalue weighted by atomic mass is 9.96. The molecule has 0 aromatic carbocycles. The molecule has 3 heteroatoms. The van der Waals surface area contributed by atoms with Crippen molar-refractivity contribution in [2.24, 2.45) is 5.41 Å². The van der Waals surface area contributed by atoms with Gasteiger partial charge < -0.3 is 9.88 Å². The molecule has 1 heterocycles. The zero-order valence-electron chi connectivity index (χ0n) is 9.08. The standard InChI is InChI=1S/C11H18N2O/c1-11(2,3)10(14)12-6-9-13-7-4-5-8-13/h4-5,7-8H,6,9H2,1-3H3,(H,12,14). The van der Waals surface area contributed by atoms with Gasteiger partial charge in [0.25, 0.3) is 0 Å². The number of aromatic nitrogens is 1. The zero-order chi connectivity index (χ0) is 10.6. The number of carbonyl (C=O) groups excluding carboxylic acids is 1.